The maximum absolute atomic E-state index is 14.1. The van der Waals surface area contributed by atoms with Gasteiger partial charge < -0.3 is 16.4 Å². The summed E-state index contributed by atoms with van der Waals surface area (Å²) in [5.74, 6) is -0.565. The zero-order chi connectivity index (χ0) is 28.0. The molecule has 13 heteroatoms. The monoisotopic (exact) mass is 575 g/mol. The van der Waals surface area contributed by atoms with Gasteiger partial charge in [0, 0.05) is 32.6 Å². The van der Waals surface area contributed by atoms with Crippen molar-refractivity contribution in [3.8, 4) is 11.3 Å². The van der Waals surface area contributed by atoms with E-state index >= 15 is 0 Å². The summed E-state index contributed by atoms with van der Waals surface area (Å²) in [7, 11) is 0. The lowest BCUT2D eigenvalue weighted by Gasteiger charge is -2.15. The molecule has 2 amide bonds. The third-order valence-electron chi connectivity index (χ3n) is 6.70. The lowest BCUT2D eigenvalue weighted by molar-refractivity contribution is -0.124. The van der Waals surface area contributed by atoms with Crippen molar-refractivity contribution in [2.75, 3.05) is 11.1 Å². The van der Waals surface area contributed by atoms with Crippen molar-refractivity contribution in [1.82, 2.24) is 24.2 Å². The van der Waals surface area contributed by atoms with Gasteiger partial charge in [0.25, 0.3) is 11.5 Å². The van der Waals surface area contributed by atoms with Crippen molar-refractivity contribution >= 4 is 56.3 Å². The van der Waals surface area contributed by atoms with Gasteiger partial charge in [-0.1, -0.05) is 19.1 Å². The number of thiophene rings is 1. The Bertz CT molecular complexity index is 1850. The van der Waals surface area contributed by atoms with Gasteiger partial charge in [-0.3, -0.25) is 19.0 Å². The summed E-state index contributed by atoms with van der Waals surface area (Å²) in [4.78, 5) is 49.2. The molecule has 4 N–H and O–H groups in total. The highest BCUT2D eigenvalue weighted by Gasteiger charge is 2.36. The van der Waals surface area contributed by atoms with E-state index in [0.717, 1.165) is 26.5 Å². The van der Waals surface area contributed by atoms with Crippen LogP contribution in [0.3, 0.4) is 0 Å². The van der Waals surface area contributed by atoms with Crippen molar-refractivity contribution in [2.45, 2.75) is 31.8 Å². The Labute approximate surface area is 234 Å². The fraction of sp³-hybridized carbons (Fsp3) is 0.185. The molecule has 0 spiro atoms. The number of rotatable bonds is 6. The number of nitrogen functional groups attached to an aromatic ring is 1. The first-order valence-electron chi connectivity index (χ1n) is 12.3. The molecule has 1 aromatic carbocycles. The van der Waals surface area contributed by atoms with Gasteiger partial charge in [0.15, 0.2) is 0 Å². The molecule has 0 fully saturated rings. The van der Waals surface area contributed by atoms with Crippen LogP contribution in [0.4, 0.5) is 15.9 Å². The molecule has 0 unspecified atom stereocenters. The number of carbonyl (C=O) groups excluding carboxylic acids is 2. The van der Waals surface area contributed by atoms with Crippen LogP contribution >= 0.6 is 22.9 Å². The van der Waals surface area contributed by atoms with Crippen LogP contribution in [0, 0.1) is 5.82 Å². The third-order valence-corrected chi connectivity index (χ3v) is 8.58. The molecule has 5 aromatic rings. The molecule has 0 bridgehead atoms. The average molecular weight is 576 g/mol. The van der Waals surface area contributed by atoms with Crippen molar-refractivity contribution in [3.63, 3.8) is 0 Å². The Hall–Kier alpha value is -4.49. The molecule has 0 saturated heterocycles. The van der Waals surface area contributed by atoms with Gasteiger partial charge in [0.1, 0.15) is 34.1 Å². The van der Waals surface area contributed by atoms with Crippen LogP contribution in [0.25, 0.3) is 21.3 Å². The fourth-order valence-electron chi connectivity index (χ4n) is 4.75. The molecule has 2 atom stereocenters. The molecule has 40 heavy (non-hydrogen) atoms. The maximum Gasteiger partial charge on any atom is 0.278 e. The molecule has 1 aliphatic heterocycles. The highest BCUT2D eigenvalue weighted by atomic mass is 32.1. The molecule has 0 radical (unpaired) electrons. The number of nitrogens with zero attached hydrogens (tertiary/aromatic N) is 4. The normalized spacial score (nSPS) is 16.1. The number of anilines is 2. The van der Waals surface area contributed by atoms with Gasteiger partial charge in [-0.15, -0.1) is 11.3 Å². The first-order valence-corrected chi connectivity index (χ1v) is 13.9. The summed E-state index contributed by atoms with van der Waals surface area (Å²) in [6.07, 6.45) is 3.40. The minimum absolute atomic E-state index is 0.0592. The first kappa shape index (κ1) is 25.8. The SMILES string of the molecule is C[C@@H]1C[C@@H](C(=O)NCc2cc3cnc(N)cc3s2)n2c1ncc(NC(=O)c1cc(-c3ccccc3F)ns1)c2=O. The van der Waals surface area contributed by atoms with Crippen LogP contribution < -0.4 is 21.9 Å². The minimum Gasteiger partial charge on any atom is -0.384 e. The molecular formula is C27H22FN7O3S2. The quantitative estimate of drug-likeness (QED) is 0.274. The summed E-state index contributed by atoms with van der Waals surface area (Å²) >= 11 is 2.40. The zero-order valence-corrected chi connectivity index (χ0v) is 22.7. The lowest BCUT2D eigenvalue weighted by atomic mass is 10.1. The summed E-state index contributed by atoms with van der Waals surface area (Å²) in [5, 5.41) is 6.44. The summed E-state index contributed by atoms with van der Waals surface area (Å²) in [6.45, 7) is 2.18. The second-order valence-corrected chi connectivity index (χ2v) is 11.4. The minimum atomic E-state index is -0.774. The van der Waals surface area contributed by atoms with Crippen LogP contribution in [-0.4, -0.2) is 30.7 Å². The highest BCUT2D eigenvalue weighted by Crippen LogP contribution is 2.34. The van der Waals surface area contributed by atoms with E-state index in [1.54, 1.807) is 30.5 Å². The number of fused-ring (bicyclic) bond motifs is 2. The molecule has 10 nitrogen and oxygen atoms in total. The fourth-order valence-corrected chi connectivity index (χ4v) is 6.42. The molecule has 0 saturated carbocycles. The van der Waals surface area contributed by atoms with E-state index in [1.807, 2.05) is 13.0 Å². The number of amides is 2. The Morgan fingerprint density at radius 3 is 2.83 bits per heavy atom. The Kier molecular flexibility index (Phi) is 6.60. The van der Waals surface area contributed by atoms with E-state index in [2.05, 4.69) is 25.0 Å². The standard InChI is InChI=1S/C27H22FN7O3S2/c1-13-6-20(25(36)32-11-15-7-14-10-30-23(29)9-21(14)39-15)35-24(13)31-12-19(27(35)38)33-26(37)22-8-18(34-40-22)16-4-2-3-5-17(16)28/h2-5,7-10,12-13,20H,6,11H2,1H3,(H2,29,30)(H,32,36)(H,33,37)/t13-,20+/m1/s1. The largest absolute Gasteiger partial charge is 0.384 e. The molecule has 4 aromatic heterocycles. The van der Waals surface area contributed by atoms with E-state index < -0.39 is 23.3 Å². The predicted octanol–water partition coefficient (Wildman–Crippen LogP) is 4.31. The second-order valence-electron chi connectivity index (χ2n) is 9.45. The zero-order valence-electron chi connectivity index (χ0n) is 21.1. The second kappa shape index (κ2) is 10.2. The van der Waals surface area contributed by atoms with Gasteiger partial charge in [0.2, 0.25) is 5.91 Å². The number of halogens is 1. The van der Waals surface area contributed by atoms with Gasteiger partial charge >= 0.3 is 0 Å². The Morgan fingerprint density at radius 2 is 2.00 bits per heavy atom. The maximum atomic E-state index is 14.1. The predicted molar refractivity (Wildman–Crippen MR) is 152 cm³/mol. The van der Waals surface area contributed by atoms with Gasteiger partial charge in [-0.25, -0.2) is 14.4 Å². The van der Waals surface area contributed by atoms with Crippen LogP contribution in [0.1, 0.15) is 45.7 Å². The van der Waals surface area contributed by atoms with Crippen molar-refractivity contribution in [3.05, 3.63) is 86.6 Å². The van der Waals surface area contributed by atoms with Crippen LogP contribution in [0.5, 0.6) is 0 Å². The Balaban J connectivity index is 1.20. The van der Waals surface area contributed by atoms with Gasteiger partial charge in [0.05, 0.1) is 18.4 Å². The lowest BCUT2D eigenvalue weighted by Crippen LogP contribution is -2.36. The smallest absolute Gasteiger partial charge is 0.278 e. The Morgan fingerprint density at radius 1 is 1.18 bits per heavy atom. The number of carbonyl (C=O) groups is 2. The number of nitrogens with one attached hydrogen (secondary N) is 2. The van der Waals surface area contributed by atoms with Crippen LogP contribution in [0.15, 0.2) is 59.7 Å². The summed E-state index contributed by atoms with van der Waals surface area (Å²) < 4.78 is 20.6. The summed E-state index contributed by atoms with van der Waals surface area (Å²) in [5.41, 5.74) is 5.77. The number of hydrogen-bond acceptors (Lipinski definition) is 9. The molecule has 1 aliphatic rings. The van der Waals surface area contributed by atoms with E-state index in [4.69, 9.17) is 5.73 Å². The van der Waals surface area contributed by atoms with E-state index in [0.29, 0.717) is 23.8 Å². The average Bonchev–Trinajstić information content (AvgIpc) is 3.66. The number of hydrogen-bond donors (Lipinski definition) is 3. The van der Waals surface area contributed by atoms with Crippen LogP contribution in [-0.2, 0) is 11.3 Å². The molecular weight excluding hydrogens is 553 g/mol. The number of pyridine rings is 1. The summed E-state index contributed by atoms with van der Waals surface area (Å²) in [6, 6.07) is 10.6. The molecule has 5 heterocycles. The van der Waals surface area contributed by atoms with Crippen LogP contribution in [0.2, 0.25) is 0 Å². The molecule has 6 rings (SSSR count). The number of nitrogens with two attached hydrogens (primary N) is 1. The van der Waals surface area contributed by atoms with Crippen molar-refractivity contribution in [1.29, 1.82) is 0 Å². The van der Waals surface area contributed by atoms with Crippen molar-refractivity contribution in [2.24, 2.45) is 0 Å². The highest BCUT2D eigenvalue weighted by molar-refractivity contribution is 7.19. The first-order chi connectivity index (χ1) is 19.3. The van der Waals surface area contributed by atoms with Gasteiger partial charge in [-0.2, -0.15) is 4.37 Å². The van der Waals surface area contributed by atoms with Gasteiger partial charge in [-0.05, 0) is 48.3 Å². The third kappa shape index (κ3) is 4.73. The molecule has 202 valence electrons. The van der Waals surface area contributed by atoms with E-state index in [1.165, 1.54) is 34.2 Å². The van der Waals surface area contributed by atoms with E-state index in [9.17, 15) is 18.8 Å². The topological polar surface area (TPSA) is 145 Å². The number of benzene rings is 1. The van der Waals surface area contributed by atoms with E-state index in [-0.39, 0.29) is 34.5 Å². The molecule has 0 aliphatic carbocycles. The number of aromatic nitrogens is 4. The van der Waals surface area contributed by atoms with Crippen molar-refractivity contribution < 1.29 is 14.0 Å².